The summed E-state index contributed by atoms with van der Waals surface area (Å²) in [7, 11) is 0. The van der Waals surface area contributed by atoms with E-state index in [0.717, 1.165) is 12.0 Å². The van der Waals surface area contributed by atoms with Gasteiger partial charge in [0.1, 0.15) is 0 Å². The summed E-state index contributed by atoms with van der Waals surface area (Å²) in [6.45, 7) is 6.29. The van der Waals surface area contributed by atoms with E-state index >= 15 is 0 Å². The maximum Gasteiger partial charge on any atom is 0.224 e. The number of rotatable bonds is 6. The van der Waals surface area contributed by atoms with Crippen molar-refractivity contribution in [2.24, 2.45) is 5.92 Å². The lowest BCUT2D eigenvalue weighted by atomic mass is 10.0. The van der Waals surface area contributed by atoms with Gasteiger partial charge in [-0.1, -0.05) is 43.7 Å². The Labute approximate surface area is 115 Å². The quantitative estimate of drug-likeness (QED) is 0.788. The molecule has 1 aromatic carbocycles. The summed E-state index contributed by atoms with van der Waals surface area (Å²) in [6, 6.07) is 8.10. The number of nitrogens with one attached hydrogen (secondary N) is 1. The second kappa shape index (κ2) is 7.42. The number of alkyl halides is 1. The first-order chi connectivity index (χ1) is 8.51. The molecule has 0 bridgehead atoms. The first kappa shape index (κ1) is 15.0. The predicted octanol–water partition coefficient (Wildman–Crippen LogP) is 3.31. The Morgan fingerprint density at radius 3 is 2.67 bits per heavy atom. The number of hydrogen-bond donors (Lipinski definition) is 1. The maximum atomic E-state index is 11.9. The van der Waals surface area contributed by atoms with E-state index in [1.165, 1.54) is 5.56 Å². The van der Waals surface area contributed by atoms with Gasteiger partial charge in [-0.15, -0.1) is 11.6 Å². The molecule has 0 saturated heterocycles. The lowest BCUT2D eigenvalue weighted by Gasteiger charge is -2.18. The van der Waals surface area contributed by atoms with Crippen molar-refractivity contribution in [1.29, 1.82) is 0 Å². The van der Waals surface area contributed by atoms with Crippen molar-refractivity contribution in [1.82, 2.24) is 5.32 Å². The van der Waals surface area contributed by atoms with Crippen LogP contribution in [0.3, 0.4) is 0 Å². The Hall–Kier alpha value is -1.02. The Bertz CT molecular complexity index is 390. The highest BCUT2D eigenvalue weighted by Gasteiger charge is 2.13. The van der Waals surface area contributed by atoms with Crippen LogP contribution in [0.15, 0.2) is 24.3 Å². The fourth-order valence-corrected chi connectivity index (χ4v) is 2.22. The number of carbonyl (C=O) groups excluding carboxylic acids is 1. The number of benzene rings is 1. The fraction of sp³-hybridized carbons (Fsp3) is 0.533. The summed E-state index contributed by atoms with van der Waals surface area (Å²) < 4.78 is 0. The van der Waals surface area contributed by atoms with E-state index in [2.05, 4.69) is 19.2 Å². The molecule has 0 radical (unpaired) electrons. The van der Waals surface area contributed by atoms with Gasteiger partial charge in [-0.05, 0) is 24.8 Å². The molecule has 0 saturated carbocycles. The Balaban J connectivity index is 2.50. The Morgan fingerprint density at radius 2 is 2.11 bits per heavy atom. The van der Waals surface area contributed by atoms with Crippen LogP contribution in [0, 0.1) is 12.8 Å². The fourth-order valence-electron chi connectivity index (χ4n) is 2.02. The van der Waals surface area contributed by atoms with Gasteiger partial charge in [-0.2, -0.15) is 0 Å². The van der Waals surface area contributed by atoms with Crippen molar-refractivity contribution >= 4 is 17.5 Å². The molecule has 0 fully saturated rings. The molecule has 0 aliphatic carbocycles. The van der Waals surface area contributed by atoms with Crippen LogP contribution in [0.25, 0.3) is 0 Å². The summed E-state index contributed by atoms with van der Waals surface area (Å²) in [4.78, 5) is 11.9. The molecule has 0 aliphatic heterocycles. The van der Waals surface area contributed by atoms with Crippen LogP contribution in [-0.2, 0) is 11.2 Å². The average Bonchev–Trinajstić information content (AvgIpc) is 2.27. The summed E-state index contributed by atoms with van der Waals surface area (Å²) >= 11 is 5.87. The molecule has 1 rings (SSSR count). The molecule has 1 unspecified atom stereocenters. The smallest absolute Gasteiger partial charge is 0.224 e. The lowest BCUT2D eigenvalue weighted by Crippen LogP contribution is -2.38. The maximum absolute atomic E-state index is 11.9. The van der Waals surface area contributed by atoms with E-state index in [1.54, 1.807) is 0 Å². The third-order valence-electron chi connectivity index (χ3n) is 2.75. The topological polar surface area (TPSA) is 29.1 Å². The predicted molar refractivity (Wildman–Crippen MR) is 77.0 cm³/mol. The molecule has 100 valence electrons. The summed E-state index contributed by atoms with van der Waals surface area (Å²) in [6.07, 6.45) is 1.34. The molecule has 0 aliphatic rings. The van der Waals surface area contributed by atoms with Crippen LogP contribution in [0.1, 0.15) is 31.4 Å². The zero-order valence-corrected chi connectivity index (χ0v) is 12.1. The van der Waals surface area contributed by atoms with Gasteiger partial charge in [0, 0.05) is 11.9 Å². The first-order valence-electron chi connectivity index (χ1n) is 6.42. The summed E-state index contributed by atoms with van der Waals surface area (Å²) in [5.41, 5.74) is 2.22. The largest absolute Gasteiger partial charge is 0.352 e. The molecule has 1 atom stereocenters. The zero-order chi connectivity index (χ0) is 13.5. The normalized spacial score (nSPS) is 12.5. The van der Waals surface area contributed by atoms with Gasteiger partial charge >= 0.3 is 0 Å². The lowest BCUT2D eigenvalue weighted by molar-refractivity contribution is -0.121. The highest BCUT2D eigenvalue weighted by Crippen LogP contribution is 2.08. The van der Waals surface area contributed by atoms with Crippen LogP contribution in [0.5, 0.6) is 0 Å². The van der Waals surface area contributed by atoms with Crippen molar-refractivity contribution in [3.63, 3.8) is 0 Å². The van der Waals surface area contributed by atoms with Crippen LogP contribution in [0.4, 0.5) is 0 Å². The second-order valence-corrected chi connectivity index (χ2v) is 5.52. The second-order valence-electron chi connectivity index (χ2n) is 5.21. The van der Waals surface area contributed by atoms with Crippen molar-refractivity contribution in [3.05, 3.63) is 35.4 Å². The number of aryl methyl sites for hydroxylation is 1. The van der Waals surface area contributed by atoms with Crippen LogP contribution >= 0.6 is 11.6 Å². The van der Waals surface area contributed by atoms with Crippen molar-refractivity contribution < 1.29 is 4.79 Å². The van der Waals surface area contributed by atoms with Gasteiger partial charge < -0.3 is 5.32 Å². The molecule has 1 amide bonds. The number of amides is 1. The summed E-state index contributed by atoms with van der Waals surface area (Å²) in [5.74, 6) is 1.05. The summed E-state index contributed by atoms with van der Waals surface area (Å²) in [5, 5.41) is 3.00. The van der Waals surface area contributed by atoms with Gasteiger partial charge in [0.05, 0.1) is 6.42 Å². The van der Waals surface area contributed by atoms with Crippen molar-refractivity contribution in [3.8, 4) is 0 Å². The van der Waals surface area contributed by atoms with Crippen molar-refractivity contribution in [2.75, 3.05) is 5.88 Å². The van der Waals surface area contributed by atoms with Crippen molar-refractivity contribution in [2.45, 2.75) is 39.7 Å². The van der Waals surface area contributed by atoms with Gasteiger partial charge in [-0.3, -0.25) is 4.79 Å². The third-order valence-corrected chi connectivity index (χ3v) is 3.13. The van der Waals surface area contributed by atoms with E-state index in [1.807, 2.05) is 31.2 Å². The number of carbonyl (C=O) groups is 1. The molecule has 0 aromatic heterocycles. The van der Waals surface area contributed by atoms with E-state index in [9.17, 15) is 4.79 Å². The van der Waals surface area contributed by atoms with Crippen LogP contribution in [-0.4, -0.2) is 17.8 Å². The first-order valence-corrected chi connectivity index (χ1v) is 6.95. The Morgan fingerprint density at radius 1 is 1.39 bits per heavy atom. The van der Waals surface area contributed by atoms with Gasteiger partial charge in [0.15, 0.2) is 0 Å². The molecular weight excluding hydrogens is 246 g/mol. The highest BCUT2D eigenvalue weighted by atomic mass is 35.5. The molecule has 0 heterocycles. The minimum absolute atomic E-state index is 0.0481. The van der Waals surface area contributed by atoms with E-state index in [4.69, 9.17) is 11.6 Å². The average molecular weight is 268 g/mol. The van der Waals surface area contributed by atoms with E-state index in [0.29, 0.717) is 18.2 Å². The third kappa shape index (κ3) is 5.54. The minimum atomic E-state index is 0.0481. The standard InChI is InChI=1S/C15H22ClNO/c1-11(2)7-14(10-16)17-15(18)9-13-6-4-5-12(3)8-13/h4-6,8,11,14H,7,9-10H2,1-3H3,(H,17,18). The molecule has 1 N–H and O–H groups in total. The SMILES string of the molecule is Cc1cccc(CC(=O)NC(CCl)CC(C)C)c1. The van der Waals surface area contributed by atoms with Gasteiger partial charge in [-0.25, -0.2) is 0 Å². The van der Waals surface area contributed by atoms with Gasteiger partial charge in [0.25, 0.3) is 0 Å². The van der Waals surface area contributed by atoms with Crippen LogP contribution in [0.2, 0.25) is 0 Å². The molecular formula is C15H22ClNO. The van der Waals surface area contributed by atoms with E-state index in [-0.39, 0.29) is 11.9 Å². The number of hydrogen-bond acceptors (Lipinski definition) is 1. The molecule has 3 heteroatoms. The monoisotopic (exact) mass is 267 g/mol. The van der Waals surface area contributed by atoms with Crippen LogP contribution < -0.4 is 5.32 Å². The number of halogens is 1. The molecule has 18 heavy (non-hydrogen) atoms. The zero-order valence-electron chi connectivity index (χ0n) is 11.4. The van der Waals surface area contributed by atoms with Gasteiger partial charge in [0.2, 0.25) is 5.91 Å². The minimum Gasteiger partial charge on any atom is -0.352 e. The van der Waals surface area contributed by atoms with E-state index < -0.39 is 0 Å². The Kier molecular flexibility index (Phi) is 6.20. The molecule has 1 aromatic rings. The highest BCUT2D eigenvalue weighted by molar-refractivity contribution is 6.18. The molecule has 2 nitrogen and oxygen atoms in total. The molecule has 0 spiro atoms.